The molecule has 0 spiro atoms. The largest absolute Gasteiger partial charge is 0.351 e. The predicted molar refractivity (Wildman–Crippen MR) is 70.3 cm³/mol. The number of nitrogens with zero attached hydrogens (tertiary/aromatic N) is 3. The summed E-state index contributed by atoms with van der Waals surface area (Å²) >= 11 is 0. The van der Waals surface area contributed by atoms with Crippen LogP contribution in [0.2, 0.25) is 0 Å². The molecular weight excluding hydrogens is 212 g/mol. The Labute approximate surface area is 103 Å². The molecule has 1 N–H and O–H groups in total. The molecule has 0 saturated carbocycles. The first kappa shape index (κ1) is 12.3. The van der Waals surface area contributed by atoms with Crippen LogP contribution in [0.1, 0.15) is 32.4 Å². The van der Waals surface area contributed by atoms with Crippen LogP contribution >= 0.6 is 0 Å². The molecule has 1 fully saturated rings. The van der Waals surface area contributed by atoms with Crippen LogP contribution in [0, 0.1) is 0 Å². The maximum absolute atomic E-state index is 4.43. The summed E-state index contributed by atoms with van der Waals surface area (Å²) in [6.07, 6.45) is 5.03. The van der Waals surface area contributed by atoms with Crippen molar-refractivity contribution in [1.82, 2.24) is 15.3 Å². The van der Waals surface area contributed by atoms with Crippen LogP contribution in [0.5, 0.6) is 0 Å². The van der Waals surface area contributed by atoms with Crippen LogP contribution in [-0.4, -0.2) is 35.6 Å². The lowest BCUT2D eigenvalue weighted by atomic mass is 10.1. The number of hydrogen-bond donors (Lipinski definition) is 1. The molecule has 1 saturated heterocycles. The Balaban J connectivity index is 2.13. The fraction of sp³-hybridized carbons (Fsp3) is 0.692. The molecule has 0 unspecified atom stereocenters. The van der Waals surface area contributed by atoms with Crippen LogP contribution in [0.3, 0.4) is 0 Å². The molecule has 0 radical (unpaired) electrons. The molecule has 4 nitrogen and oxygen atoms in total. The van der Waals surface area contributed by atoms with Gasteiger partial charge in [0, 0.05) is 31.4 Å². The smallest absolute Gasteiger partial charge is 0.132 e. The Kier molecular flexibility index (Phi) is 4.31. The summed E-state index contributed by atoms with van der Waals surface area (Å²) in [5.41, 5.74) is 1.16. The summed E-state index contributed by atoms with van der Waals surface area (Å²) in [4.78, 5) is 11.2. The highest BCUT2D eigenvalue weighted by molar-refractivity contribution is 5.41. The van der Waals surface area contributed by atoms with E-state index in [1.165, 1.54) is 0 Å². The molecule has 1 aromatic rings. The normalized spacial score (nSPS) is 15.6. The molecule has 0 amide bonds. The van der Waals surface area contributed by atoms with Gasteiger partial charge in [-0.2, -0.15) is 0 Å². The second kappa shape index (κ2) is 5.96. The number of nitrogens with one attached hydrogen (secondary N) is 1. The number of hydrogen-bond acceptors (Lipinski definition) is 4. The number of aryl methyl sites for hydroxylation is 1. The lowest BCUT2D eigenvalue weighted by molar-refractivity contribution is 0.410. The number of aromatic nitrogens is 2. The van der Waals surface area contributed by atoms with Gasteiger partial charge in [0.1, 0.15) is 12.1 Å². The van der Waals surface area contributed by atoms with Crippen molar-refractivity contribution in [2.24, 2.45) is 0 Å². The van der Waals surface area contributed by atoms with Crippen LogP contribution in [0.15, 0.2) is 12.4 Å². The second-order valence-corrected chi connectivity index (χ2v) is 4.62. The van der Waals surface area contributed by atoms with Crippen LogP contribution < -0.4 is 10.2 Å². The number of anilines is 1. The summed E-state index contributed by atoms with van der Waals surface area (Å²) in [6.45, 7) is 7.63. The summed E-state index contributed by atoms with van der Waals surface area (Å²) in [5.74, 6) is 1.09. The SMILES string of the molecule is CCCc1cc(N(CCC)C2CNC2)ncn1. The monoisotopic (exact) mass is 234 g/mol. The molecule has 0 bridgehead atoms. The minimum absolute atomic E-state index is 0.610. The van der Waals surface area contributed by atoms with Gasteiger partial charge in [-0.1, -0.05) is 20.3 Å². The fourth-order valence-corrected chi connectivity index (χ4v) is 2.15. The topological polar surface area (TPSA) is 41.0 Å². The van der Waals surface area contributed by atoms with E-state index < -0.39 is 0 Å². The molecule has 94 valence electrons. The Morgan fingerprint density at radius 1 is 1.29 bits per heavy atom. The third-order valence-corrected chi connectivity index (χ3v) is 3.17. The molecule has 0 aromatic carbocycles. The van der Waals surface area contributed by atoms with Crippen molar-refractivity contribution in [2.45, 2.75) is 39.2 Å². The van der Waals surface area contributed by atoms with Crippen molar-refractivity contribution in [1.29, 1.82) is 0 Å². The minimum Gasteiger partial charge on any atom is -0.351 e. The van der Waals surface area contributed by atoms with Gasteiger partial charge in [-0.15, -0.1) is 0 Å². The van der Waals surface area contributed by atoms with Gasteiger partial charge < -0.3 is 10.2 Å². The van der Waals surface area contributed by atoms with Gasteiger partial charge in [0.25, 0.3) is 0 Å². The first-order valence-electron chi connectivity index (χ1n) is 6.63. The van der Waals surface area contributed by atoms with Gasteiger partial charge in [0.15, 0.2) is 0 Å². The lowest BCUT2D eigenvalue weighted by Crippen LogP contribution is -2.57. The molecule has 2 heterocycles. The Bertz CT molecular complexity index is 349. The zero-order chi connectivity index (χ0) is 12.1. The molecule has 1 aliphatic heterocycles. The molecule has 0 aliphatic carbocycles. The van der Waals surface area contributed by atoms with Crippen molar-refractivity contribution >= 4 is 5.82 Å². The third kappa shape index (κ3) is 2.94. The maximum Gasteiger partial charge on any atom is 0.132 e. The quantitative estimate of drug-likeness (QED) is 0.812. The summed E-state index contributed by atoms with van der Waals surface area (Å²) in [7, 11) is 0. The molecule has 2 rings (SSSR count). The fourth-order valence-electron chi connectivity index (χ4n) is 2.15. The average molecular weight is 234 g/mol. The highest BCUT2D eigenvalue weighted by Crippen LogP contribution is 2.17. The van der Waals surface area contributed by atoms with Gasteiger partial charge in [0.05, 0.1) is 6.04 Å². The first-order chi connectivity index (χ1) is 8.35. The summed E-state index contributed by atoms with van der Waals surface area (Å²) in [6, 6.07) is 2.76. The van der Waals surface area contributed by atoms with Crippen molar-refractivity contribution in [3.8, 4) is 0 Å². The molecule has 0 atom stereocenters. The lowest BCUT2D eigenvalue weighted by Gasteiger charge is -2.39. The zero-order valence-corrected chi connectivity index (χ0v) is 10.8. The zero-order valence-electron chi connectivity index (χ0n) is 10.8. The van der Waals surface area contributed by atoms with Gasteiger partial charge in [-0.25, -0.2) is 9.97 Å². The standard InChI is InChI=1S/C13H22N4/c1-3-5-11-7-13(16-10-15-11)17(6-4-2)12-8-14-9-12/h7,10,12,14H,3-6,8-9H2,1-2H3. The van der Waals surface area contributed by atoms with E-state index in [-0.39, 0.29) is 0 Å². The third-order valence-electron chi connectivity index (χ3n) is 3.17. The molecule has 17 heavy (non-hydrogen) atoms. The van der Waals surface area contributed by atoms with E-state index >= 15 is 0 Å². The van der Waals surface area contributed by atoms with E-state index in [4.69, 9.17) is 0 Å². The Hall–Kier alpha value is -1.16. The van der Waals surface area contributed by atoms with Crippen molar-refractivity contribution in [3.05, 3.63) is 18.1 Å². The van der Waals surface area contributed by atoms with E-state index in [0.717, 1.165) is 50.4 Å². The Morgan fingerprint density at radius 3 is 2.71 bits per heavy atom. The molecule has 4 heteroatoms. The predicted octanol–water partition coefficient (Wildman–Crippen LogP) is 1.62. The number of rotatable bonds is 6. The Morgan fingerprint density at radius 2 is 2.12 bits per heavy atom. The van der Waals surface area contributed by atoms with E-state index in [9.17, 15) is 0 Å². The van der Waals surface area contributed by atoms with Crippen molar-refractivity contribution in [2.75, 3.05) is 24.5 Å². The average Bonchev–Trinajstić information content (AvgIpc) is 2.27. The second-order valence-electron chi connectivity index (χ2n) is 4.62. The molecule has 1 aromatic heterocycles. The van der Waals surface area contributed by atoms with E-state index in [1.807, 2.05) is 0 Å². The van der Waals surface area contributed by atoms with Crippen LogP contribution in [-0.2, 0) is 6.42 Å². The van der Waals surface area contributed by atoms with E-state index in [1.54, 1.807) is 6.33 Å². The maximum atomic E-state index is 4.43. The van der Waals surface area contributed by atoms with E-state index in [2.05, 4.69) is 40.1 Å². The highest BCUT2D eigenvalue weighted by Gasteiger charge is 2.25. The minimum atomic E-state index is 0.610. The van der Waals surface area contributed by atoms with Crippen molar-refractivity contribution < 1.29 is 0 Å². The van der Waals surface area contributed by atoms with Gasteiger partial charge in [-0.3, -0.25) is 0 Å². The van der Waals surface area contributed by atoms with Gasteiger partial charge in [0.2, 0.25) is 0 Å². The van der Waals surface area contributed by atoms with Crippen LogP contribution in [0.25, 0.3) is 0 Å². The van der Waals surface area contributed by atoms with Gasteiger partial charge in [-0.05, 0) is 12.8 Å². The molecular formula is C13H22N4. The highest BCUT2D eigenvalue weighted by atomic mass is 15.3. The van der Waals surface area contributed by atoms with Crippen LogP contribution in [0.4, 0.5) is 5.82 Å². The molecule has 1 aliphatic rings. The van der Waals surface area contributed by atoms with Crippen molar-refractivity contribution in [3.63, 3.8) is 0 Å². The summed E-state index contributed by atoms with van der Waals surface area (Å²) < 4.78 is 0. The summed E-state index contributed by atoms with van der Waals surface area (Å²) in [5, 5.41) is 3.32. The van der Waals surface area contributed by atoms with E-state index in [0.29, 0.717) is 6.04 Å². The van der Waals surface area contributed by atoms with Gasteiger partial charge >= 0.3 is 0 Å². The first-order valence-corrected chi connectivity index (χ1v) is 6.63.